The Hall–Kier alpha value is -1.09. The molecule has 0 saturated carbocycles. The predicted molar refractivity (Wildman–Crippen MR) is 67.9 cm³/mol. The first-order chi connectivity index (χ1) is 7.02. The van der Waals surface area contributed by atoms with Crippen LogP contribution in [0.15, 0.2) is 17.5 Å². The lowest BCUT2D eigenvalue weighted by molar-refractivity contribution is 0.591. The summed E-state index contributed by atoms with van der Waals surface area (Å²) >= 11 is 1.75. The Bertz CT molecular complexity index is 480. The number of pyridine rings is 1. The summed E-state index contributed by atoms with van der Waals surface area (Å²) in [5.74, 6) is 0.994. The lowest BCUT2D eigenvalue weighted by atomic mass is 9.87. The molecule has 0 amide bonds. The molecule has 0 aliphatic heterocycles. The minimum Gasteiger partial charge on any atom is -0.373 e. The lowest BCUT2D eigenvalue weighted by Gasteiger charge is -2.21. The lowest BCUT2D eigenvalue weighted by Crippen LogP contribution is -2.14. The highest BCUT2D eigenvalue weighted by Crippen LogP contribution is 2.32. The van der Waals surface area contributed by atoms with E-state index in [-0.39, 0.29) is 5.41 Å². The molecule has 15 heavy (non-hydrogen) atoms. The van der Waals surface area contributed by atoms with Gasteiger partial charge in [-0.2, -0.15) is 0 Å². The van der Waals surface area contributed by atoms with Gasteiger partial charge in [0.25, 0.3) is 0 Å². The maximum absolute atomic E-state index is 4.62. The topological polar surface area (TPSA) is 24.9 Å². The number of fused-ring (bicyclic) bond motifs is 1. The number of aromatic nitrogens is 1. The highest BCUT2D eigenvalue weighted by molar-refractivity contribution is 7.17. The van der Waals surface area contributed by atoms with E-state index in [4.69, 9.17) is 0 Å². The molecule has 0 spiro atoms. The zero-order chi connectivity index (χ0) is 11.1. The highest BCUT2D eigenvalue weighted by Gasteiger charge is 2.19. The van der Waals surface area contributed by atoms with Crippen molar-refractivity contribution in [1.82, 2.24) is 4.98 Å². The Balaban J connectivity index is 2.70. The molecule has 0 unspecified atom stereocenters. The molecule has 2 rings (SSSR count). The van der Waals surface area contributed by atoms with Crippen LogP contribution >= 0.6 is 11.3 Å². The molecule has 2 aromatic heterocycles. The van der Waals surface area contributed by atoms with Crippen LogP contribution in [0.2, 0.25) is 0 Å². The molecular formula is C12H16N2S. The van der Waals surface area contributed by atoms with Gasteiger partial charge in [-0.3, -0.25) is 0 Å². The van der Waals surface area contributed by atoms with Crippen LogP contribution in [0.4, 0.5) is 5.82 Å². The Kier molecular flexibility index (Phi) is 2.43. The van der Waals surface area contributed by atoms with E-state index < -0.39 is 0 Å². The molecule has 1 N–H and O–H groups in total. The molecule has 0 fully saturated rings. The van der Waals surface area contributed by atoms with Crippen molar-refractivity contribution in [1.29, 1.82) is 0 Å². The summed E-state index contributed by atoms with van der Waals surface area (Å²) in [6.45, 7) is 6.64. The summed E-state index contributed by atoms with van der Waals surface area (Å²) in [6.07, 6.45) is 0. The quantitative estimate of drug-likeness (QED) is 0.793. The molecule has 0 bridgehead atoms. The third kappa shape index (κ3) is 1.84. The first kappa shape index (κ1) is 10.4. The van der Waals surface area contributed by atoms with Crippen molar-refractivity contribution in [3.8, 4) is 0 Å². The van der Waals surface area contributed by atoms with Crippen LogP contribution in [0.1, 0.15) is 26.3 Å². The Morgan fingerprint density at radius 3 is 2.67 bits per heavy atom. The van der Waals surface area contributed by atoms with Crippen molar-refractivity contribution in [2.45, 2.75) is 26.2 Å². The van der Waals surface area contributed by atoms with Crippen LogP contribution in [-0.2, 0) is 5.41 Å². The fraction of sp³-hybridized carbons (Fsp3) is 0.417. The molecule has 2 aromatic rings. The number of anilines is 1. The van der Waals surface area contributed by atoms with Crippen molar-refractivity contribution in [3.05, 3.63) is 23.1 Å². The zero-order valence-electron chi connectivity index (χ0n) is 9.59. The van der Waals surface area contributed by atoms with E-state index in [2.05, 4.69) is 48.6 Å². The summed E-state index contributed by atoms with van der Waals surface area (Å²) in [5.41, 5.74) is 2.49. The fourth-order valence-electron chi connectivity index (χ4n) is 1.66. The van der Waals surface area contributed by atoms with Gasteiger partial charge in [0.2, 0.25) is 0 Å². The van der Waals surface area contributed by atoms with Crippen LogP contribution < -0.4 is 5.32 Å². The first-order valence-corrected chi connectivity index (χ1v) is 5.97. The number of hydrogen-bond acceptors (Lipinski definition) is 3. The van der Waals surface area contributed by atoms with E-state index >= 15 is 0 Å². The summed E-state index contributed by atoms with van der Waals surface area (Å²) in [5, 5.41) is 5.26. The van der Waals surface area contributed by atoms with Gasteiger partial charge in [-0.15, -0.1) is 11.3 Å². The molecule has 0 atom stereocenters. The zero-order valence-corrected chi connectivity index (χ0v) is 10.4. The number of hydrogen-bond donors (Lipinski definition) is 1. The van der Waals surface area contributed by atoms with E-state index in [0.29, 0.717) is 0 Å². The number of thiophene rings is 1. The normalized spacial score (nSPS) is 12.0. The molecule has 2 heterocycles. The van der Waals surface area contributed by atoms with Gasteiger partial charge < -0.3 is 5.32 Å². The molecule has 3 heteroatoms. The summed E-state index contributed by atoms with van der Waals surface area (Å²) < 4.78 is 1.26. The van der Waals surface area contributed by atoms with E-state index in [1.165, 1.54) is 10.3 Å². The minimum atomic E-state index is 0.128. The van der Waals surface area contributed by atoms with E-state index in [9.17, 15) is 0 Å². The van der Waals surface area contributed by atoms with Gasteiger partial charge in [0.1, 0.15) is 5.82 Å². The van der Waals surface area contributed by atoms with Crippen molar-refractivity contribution in [3.63, 3.8) is 0 Å². The highest BCUT2D eigenvalue weighted by atomic mass is 32.1. The van der Waals surface area contributed by atoms with Gasteiger partial charge in [-0.25, -0.2) is 4.98 Å². The maximum Gasteiger partial charge on any atom is 0.130 e. The van der Waals surface area contributed by atoms with Crippen LogP contribution in [0, 0.1) is 0 Å². The smallest absolute Gasteiger partial charge is 0.130 e. The first-order valence-electron chi connectivity index (χ1n) is 5.09. The largest absolute Gasteiger partial charge is 0.373 e. The number of nitrogens with zero attached hydrogens (tertiary/aromatic N) is 1. The van der Waals surface area contributed by atoms with Gasteiger partial charge in [0, 0.05) is 12.6 Å². The Labute approximate surface area is 94.3 Å². The molecular weight excluding hydrogens is 204 g/mol. The third-order valence-corrected chi connectivity index (χ3v) is 3.33. The average molecular weight is 220 g/mol. The third-order valence-electron chi connectivity index (χ3n) is 2.48. The van der Waals surface area contributed by atoms with Gasteiger partial charge >= 0.3 is 0 Å². The second-order valence-electron chi connectivity index (χ2n) is 4.69. The van der Waals surface area contributed by atoms with Crippen LogP contribution in [0.3, 0.4) is 0 Å². The van der Waals surface area contributed by atoms with Gasteiger partial charge in [0.05, 0.1) is 10.2 Å². The summed E-state index contributed by atoms with van der Waals surface area (Å²) in [7, 11) is 1.93. The Morgan fingerprint density at radius 2 is 2.07 bits per heavy atom. The molecule has 0 saturated heterocycles. The Morgan fingerprint density at radius 1 is 1.33 bits per heavy atom. The molecule has 0 aliphatic rings. The molecule has 2 nitrogen and oxygen atoms in total. The van der Waals surface area contributed by atoms with Crippen LogP contribution in [0.25, 0.3) is 10.2 Å². The van der Waals surface area contributed by atoms with Crippen molar-refractivity contribution >= 4 is 27.4 Å². The average Bonchev–Trinajstić information content (AvgIpc) is 2.60. The number of nitrogens with one attached hydrogen (secondary N) is 1. The predicted octanol–water partition coefficient (Wildman–Crippen LogP) is 3.64. The molecule has 80 valence electrons. The van der Waals surface area contributed by atoms with Crippen molar-refractivity contribution < 1.29 is 0 Å². The monoisotopic (exact) mass is 220 g/mol. The van der Waals surface area contributed by atoms with E-state index in [0.717, 1.165) is 11.3 Å². The van der Waals surface area contributed by atoms with Crippen molar-refractivity contribution in [2.75, 3.05) is 12.4 Å². The van der Waals surface area contributed by atoms with Gasteiger partial charge in [-0.1, -0.05) is 20.8 Å². The molecule has 0 radical (unpaired) electrons. The van der Waals surface area contributed by atoms with E-state index in [1.807, 2.05) is 7.05 Å². The standard InChI is InChI=1S/C12H16N2S/c1-12(2,3)8-7-10-9(5-6-15-10)14-11(8)13-4/h5-7H,1-4H3,(H,13,14). The van der Waals surface area contributed by atoms with Gasteiger partial charge in [0.15, 0.2) is 0 Å². The van der Waals surface area contributed by atoms with Crippen LogP contribution in [0.5, 0.6) is 0 Å². The second-order valence-corrected chi connectivity index (χ2v) is 5.64. The maximum atomic E-state index is 4.62. The fourth-order valence-corrected chi connectivity index (χ4v) is 2.42. The second kappa shape index (κ2) is 3.49. The van der Waals surface area contributed by atoms with E-state index in [1.54, 1.807) is 11.3 Å². The SMILES string of the molecule is CNc1nc2ccsc2cc1C(C)(C)C. The van der Waals surface area contributed by atoms with Crippen LogP contribution in [-0.4, -0.2) is 12.0 Å². The van der Waals surface area contributed by atoms with Crippen molar-refractivity contribution in [2.24, 2.45) is 0 Å². The molecule has 0 aliphatic carbocycles. The van der Waals surface area contributed by atoms with Gasteiger partial charge in [-0.05, 0) is 22.9 Å². The summed E-state index contributed by atoms with van der Waals surface area (Å²) in [6, 6.07) is 4.31. The minimum absolute atomic E-state index is 0.128. The molecule has 0 aromatic carbocycles. The summed E-state index contributed by atoms with van der Waals surface area (Å²) in [4.78, 5) is 4.62. The number of rotatable bonds is 1.